The molecule has 3 aromatic rings. The second-order valence-electron chi connectivity index (χ2n) is 7.86. The van der Waals surface area contributed by atoms with Gasteiger partial charge in [-0.3, -0.25) is 4.90 Å². The molecule has 31 heavy (non-hydrogen) atoms. The van der Waals surface area contributed by atoms with E-state index in [1.807, 2.05) is 38.1 Å². The molecule has 164 valence electrons. The van der Waals surface area contributed by atoms with Gasteiger partial charge in [-0.2, -0.15) is 0 Å². The average molecular weight is 440 g/mol. The topological polar surface area (TPSA) is 46.6 Å². The van der Waals surface area contributed by atoms with E-state index in [2.05, 4.69) is 34.5 Å². The Balaban J connectivity index is 1.36. The van der Waals surface area contributed by atoms with Crippen molar-refractivity contribution in [1.29, 1.82) is 0 Å². The van der Waals surface area contributed by atoms with Gasteiger partial charge < -0.3 is 14.8 Å². The molecule has 1 saturated heterocycles. The number of hydrogen-bond acceptors (Lipinski definition) is 5. The van der Waals surface area contributed by atoms with Gasteiger partial charge in [-0.25, -0.2) is 4.98 Å². The van der Waals surface area contributed by atoms with Gasteiger partial charge in [0.25, 0.3) is 0 Å². The van der Waals surface area contributed by atoms with Crippen LogP contribution < -0.4 is 14.8 Å². The number of para-hydroxylation sites is 1. The summed E-state index contributed by atoms with van der Waals surface area (Å²) in [6.07, 6.45) is 2.16. The monoisotopic (exact) mass is 439 g/mol. The van der Waals surface area contributed by atoms with Crippen LogP contribution in [0.15, 0.2) is 48.5 Å². The number of rotatable bonds is 8. The first-order valence-electron chi connectivity index (χ1n) is 11.1. The Morgan fingerprint density at radius 3 is 2.35 bits per heavy atom. The maximum Gasteiger partial charge on any atom is 0.141 e. The average Bonchev–Trinajstić information content (AvgIpc) is 2.78. The van der Waals surface area contributed by atoms with Crippen molar-refractivity contribution in [1.82, 2.24) is 9.88 Å². The highest BCUT2D eigenvalue weighted by Gasteiger charge is 2.21. The zero-order chi connectivity index (χ0) is 21.6. The molecule has 0 saturated carbocycles. The summed E-state index contributed by atoms with van der Waals surface area (Å²) in [6.45, 7) is 8.00. The highest BCUT2D eigenvalue weighted by Crippen LogP contribution is 2.36. The molecule has 0 unspecified atom stereocenters. The molecule has 1 aromatic heterocycles. The molecule has 5 nitrogen and oxygen atoms in total. The number of piperidine rings is 1. The lowest BCUT2D eigenvalue weighted by molar-refractivity contribution is 0.210. The van der Waals surface area contributed by atoms with Crippen LogP contribution in [-0.4, -0.2) is 42.2 Å². The lowest BCUT2D eigenvalue weighted by atomic mass is 10.0. The van der Waals surface area contributed by atoms with Gasteiger partial charge in [0.2, 0.25) is 0 Å². The number of nitrogens with one attached hydrogen (secondary N) is 1. The van der Waals surface area contributed by atoms with Crippen molar-refractivity contribution in [2.24, 2.45) is 0 Å². The van der Waals surface area contributed by atoms with Gasteiger partial charge in [0.15, 0.2) is 0 Å². The third kappa shape index (κ3) is 5.41. The van der Waals surface area contributed by atoms with E-state index in [1.165, 1.54) is 10.9 Å². The first-order chi connectivity index (χ1) is 15.2. The summed E-state index contributed by atoms with van der Waals surface area (Å²) in [5.41, 5.74) is 2.20. The molecule has 0 aliphatic carbocycles. The fraction of sp³-hybridized carbons (Fsp3) is 0.400. The first kappa shape index (κ1) is 21.7. The molecular formula is C25H30ClN3O2. The predicted molar refractivity (Wildman–Crippen MR) is 127 cm³/mol. The second kappa shape index (κ2) is 10.2. The standard InChI is InChI=1S/C25H30ClN3O2/c1-3-30-22-15-18(16-23(25(22)26)31-4-2)17-29-13-11-20(12-14-29)27-24-10-9-19-7-5-6-8-21(19)28-24/h5-10,15-16,20H,3-4,11-14,17H2,1-2H3,(H,27,28). The molecular weight excluding hydrogens is 410 g/mol. The van der Waals surface area contributed by atoms with Crippen LogP contribution in [0.1, 0.15) is 32.3 Å². The van der Waals surface area contributed by atoms with Crippen LogP contribution in [0, 0.1) is 0 Å². The fourth-order valence-electron chi connectivity index (χ4n) is 4.09. The normalized spacial score (nSPS) is 15.2. The fourth-order valence-corrected chi connectivity index (χ4v) is 4.31. The first-order valence-corrected chi connectivity index (χ1v) is 11.5. The van der Waals surface area contributed by atoms with Gasteiger partial charge in [-0.05, 0) is 62.6 Å². The van der Waals surface area contributed by atoms with E-state index in [-0.39, 0.29) is 0 Å². The largest absolute Gasteiger partial charge is 0.492 e. The number of nitrogens with zero attached hydrogens (tertiary/aromatic N) is 2. The number of hydrogen-bond donors (Lipinski definition) is 1. The summed E-state index contributed by atoms with van der Waals surface area (Å²) in [5.74, 6) is 2.35. The van der Waals surface area contributed by atoms with Crippen molar-refractivity contribution >= 4 is 28.3 Å². The predicted octanol–water partition coefficient (Wildman–Crippen LogP) is 5.76. The maximum absolute atomic E-state index is 6.44. The lowest BCUT2D eigenvalue weighted by Crippen LogP contribution is -2.38. The van der Waals surface area contributed by atoms with E-state index in [0.717, 1.165) is 43.8 Å². The number of pyridine rings is 1. The van der Waals surface area contributed by atoms with E-state index in [0.29, 0.717) is 35.8 Å². The Bertz CT molecular complexity index is 992. The molecule has 1 N–H and O–H groups in total. The molecule has 1 fully saturated rings. The van der Waals surface area contributed by atoms with E-state index in [4.69, 9.17) is 26.1 Å². The van der Waals surface area contributed by atoms with Crippen molar-refractivity contribution < 1.29 is 9.47 Å². The Labute approximate surface area is 189 Å². The summed E-state index contributed by atoms with van der Waals surface area (Å²) < 4.78 is 11.4. The Morgan fingerprint density at radius 1 is 1.00 bits per heavy atom. The number of halogens is 1. The second-order valence-corrected chi connectivity index (χ2v) is 8.23. The van der Waals surface area contributed by atoms with Gasteiger partial charge in [0.05, 0.1) is 18.7 Å². The minimum atomic E-state index is 0.438. The van der Waals surface area contributed by atoms with Gasteiger partial charge in [0.1, 0.15) is 22.3 Å². The summed E-state index contributed by atoms with van der Waals surface area (Å²) in [4.78, 5) is 7.23. The third-order valence-electron chi connectivity index (χ3n) is 5.61. The van der Waals surface area contributed by atoms with E-state index >= 15 is 0 Å². The molecule has 6 heteroatoms. The Morgan fingerprint density at radius 2 is 1.68 bits per heavy atom. The van der Waals surface area contributed by atoms with Crippen LogP contribution in [-0.2, 0) is 6.54 Å². The third-order valence-corrected chi connectivity index (χ3v) is 5.98. The highest BCUT2D eigenvalue weighted by atomic mass is 35.5. The van der Waals surface area contributed by atoms with Crippen LogP contribution in [0.5, 0.6) is 11.5 Å². The zero-order valence-electron chi connectivity index (χ0n) is 18.2. The molecule has 0 spiro atoms. The molecule has 0 atom stereocenters. The van der Waals surface area contributed by atoms with E-state index < -0.39 is 0 Å². The molecule has 1 aliphatic heterocycles. The van der Waals surface area contributed by atoms with Crippen molar-refractivity contribution in [2.45, 2.75) is 39.3 Å². The van der Waals surface area contributed by atoms with Crippen LogP contribution in [0.2, 0.25) is 5.02 Å². The zero-order valence-corrected chi connectivity index (χ0v) is 19.0. The van der Waals surface area contributed by atoms with Crippen molar-refractivity contribution in [3.63, 3.8) is 0 Å². The van der Waals surface area contributed by atoms with Crippen molar-refractivity contribution in [3.8, 4) is 11.5 Å². The van der Waals surface area contributed by atoms with Gasteiger partial charge in [-0.1, -0.05) is 29.8 Å². The van der Waals surface area contributed by atoms with Crippen LogP contribution in [0.25, 0.3) is 10.9 Å². The quantitative estimate of drug-likeness (QED) is 0.483. The van der Waals surface area contributed by atoms with Crippen molar-refractivity contribution in [2.75, 3.05) is 31.6 Å². The Hall–Kier alpha value is -2.50. The van der Waals surface area contributed by atoms with Crippen molar-refractivity contribution in [3.05, 3.63) is 59.1 Å². The summed E-state index contributed by atoms with van der Waals surface area (Å²) in [5, 5.41) is 5.35. The minimum absolute atomic E-state index is 0.438. The van der Waals surface area contributed by atoms with Crippen LogP contribution >= 0.6 is 11.6 Å². The van der Waals surface area contributed by atoms with Crippen LogP contribution in [0.4, 0.5) is 5.82 Å². The highest BCUT2D eigenvalue weighted by molar-refractivity contribution is 6.33. The molecule has 0 amide bonds. The summed E-state index contributed by atoms with van der Waals surface area (Å²) in [7, 11) is 0. The molecule has 2 aromatic carbocycles. The molecule has 2 heterocycles. The maximum atomic E-state index is 6.44. The molecule has 0 radical (unpaired) electrons. The lowest BCUT2D eigenvalue weighted by Gasteiger charge is -2.32. The SMILES string of the molecule is CCOc1cc(CN2CCC(Nc3ccc4ccccc4n3)CC2)cc(OCC)c1Cl. The molecule has 1 aliphatic rings. The number of benzene rings is 2. The van der Waals surface area contributed by atoms with Crippen LogP contribution in [0.3, 0.4) is 0 Å². The Kier molecular flexibility index (Phi) is 7.15. The minimum Gasteiger partial charge on any atom is -0.492 e. The smallest absolute Gasteiger partial charge is 0.141 e. The number of likely N-dealkylation sites (tertiary alicyclic amines) is 1. The van der Waals surface area contributed by atoms with Gasteiger partial charge >= 0.3 is 0 Å². The number of ether oxygens (including phenoxy) is 2. The number of anilines is 1. The van der Waals surface area contributed by atoms with Gasteiger partial charge in [-0.15, -0.1) is 0 Å². The van der Waals surface area contributed by atoms with E-state index in [1.54, 1.807) is 0 Å². The van der Waals surface area contributed by atoms with Gasteiger partial charge in [0, 0.05) is 31.1 Å². The molecule has 0 bridgehead atoms. The summed E-state index contributed by atoms with van der Waals surface area (Å²) in [6, 6.07) is 16.9. The molecule has 4 rings (SSSR count). The number of fused-ring (bicyclic) bond motifs is 1. The number of aromatic nitrogens is 1. The summed E-state index contributed by atoms with van der Waals surface area (Å²) >= 11 is 6.44. The van der Waals surface area contributed by atoms with E-state index in [9.17, 15) is 0 Å².